The standard InChI is InChI=1S/C13H16FNO2/c14-12-4-2-1-3-11(12)5-6-15-8-10(9-16)7-13(15)17/h1-4,10,16H,5-9H2. The molecule has 1 amide bonds. The van der Waals surface area contributed by atoms with Gasteiger partial charge in [0.25, 0.3) is 0 Å². The lowest BCUT2D eigenvalue weighted by Crippen LogP contribution is -2.28. The Morgan fingerprint density at radius 3 is 2.82 bits per heavy atom. The highest BCUT2D eigenvalue weighted by molar-refractivity contribution is 5.78. The summed E-state index contributed by atoms with van der Waals surface area (Å²) in [5.41, 5.74) is 0.632. The Morgan fingerprint density at radius 2 is 2.18 bits per heavy atom. The summed E-state index contributed by atoms with van der Waals surface area (Å²) in [6.45, 7) is 1.15. The third kappa shape index (κ3) is 2.82. The van der Waals surface area contributed by atoms with Crippen LogP contribution in [0.4, 0.5) is 4.39 Å². The quantitative estimate of drug-likeness (QED) is 0.855. The second kappa shape index (κ2) is 5.27. The Labute approximate surface area is 99.9 Å². The van der Waals surface area contributed by atoms with Crippen LogP contribution < -0.4 is 0 Å². The lowest BCUT2D eigenvalue weighted by molar-refractivity contribution is -0.127. The van der Waals surface area contributed by atoms with Crippen LogP contribution in [0.1, 0.15) is 12.0 Å². The van der Waals surface area contributed by atoms with Gasteiger partial charge in [0.15, 0.2) is 0 Å². The molecule has 0 spiro atoms. The van der Waals surface area contributed by atoms with Crippen molar-refractivity contribution in [1.29, 1.82) is 0 Å². The molecule has 1 unspecified atom stereocenters. The molecule has 1 atom stereocenters. The molecule has 1 saturated heterocycles. The lowest BCUT2D eigenvalue weighted by atomic mass is 10.1. The smallest absolute Gasteiger partial charge is 0.223 e. The minimum absolute atomic E-state index is 0.0436. The molecular formula is C13H16FNO2. The second-order valence-corrected chi connectivity index (χ2v) is 4.43. The maximum atomic E-state index is 13.4. The molecule has 0 saturated carbocycles. The summed E-state index contributed by atoms with van der Waals surface area (Å²) in [7, 11) is 0. The van der Waals surface area contributed by atoms with Crippen LogP contribution in [0.25, 0.3) is 0 Å². The van der Waals surface area contributed by atoms with Gasteiger partial charge in [-0.2, -0.15) is 0 Å². The maximum Gasteiger partial charge on any atom is 0.223 e. The van der Waals surface area contributed by atoms with Crippen molar-refractivity contribution in [2.24, 2.45) is 5.92 Å². The van der Waals surface area contributed by atoms with E-state index in [1.54, 1.807) is 23.1 Å². The van der Waals surface area contributed by atoms with E-state index in [-0.39, 0.29) is 24.2 Å². The topological polar surface area (TPSA) is 40.5 Å². The van der Waals surface area contributed by atoms with E-state index in [9.17, 15) is 9.18 Å². The Kier molecular flexibility index (Phi) is 3.74. The first-order valence-corrected chi connectivity index (χ1v) is 5.82. The fourth-order valence-corrected chi connectivity index (χ4v) is 2.15. The number of hydrogen-bond donors (Lipinski definition) is 1. The summed E-state index contributed by atoms with van der Waals surface area (Å²) in [6.07, 6.45) is 0.935. The largest absolute Gasteiger partial charge is 0.396 e. The molecule has 4 heteroatoms. The molecule has 1 N–H and O–H groups in total. The van der Waals surface area contributed by atoms with Crippen molar-refractivity contribution in [3.05, 3.63) is 35.6 Å². The van der Waals surface area contributed by atoms with Crippen molar-refractivity contribution < 1.29 is 14.3 Å². The number of halogens is 1. The molecule has 92 valence electrons. The summed E-state index contributed by atoms with van der Waals surface area (Å²) in [5, 5.41) is 8.99. The lowest BCUT2D eigenvalue weighted by Gasteiger charge is -2.16. The Bertz CT molecular complexity index is 408. The summed E-state index contributed by atoms with van der Waals surface area (Å²) in [5.74, 6) is -0.124. The number of nitrogens with zero attached hydrogens (tertiary/aromatic N) is 1. The summed E-state index contributed by atoms with van der Waals surface area (Å²) in [4.78, 5) is 13.3. The molecule has 1 aliphatic rings. The summed E-state index contributed by atoms with van der Waals surface area (Å²) >= 11 is 0. The number of aliphatic hydroxyl groups is 1. The Hall–Kier alpha value is -1.42. The zero-order valence-electron chi connectivity index (χ0n) is 9.60. The van der Waals surface area contributed by atoms with Gasteiger partial charge in [-0.1, -0.05) is 18.2 Å². The fourth-order valence-electron chi connectivity index (χ4n) is 2.15. The van der Waals surface area contributed by atoms with Gasteiger partial charge in [-0.15, -0.1) is 0 Å². The zero-order chi connectivity index (χ0) is 12.3. The van der Waals surface area contributed by atoms with Crippen molar-refractivity contribution in [3.63, 3.8) is 0 Å². The van der Waals surface area contributed by atoms with E-state index in [0.29, 0.717) is 31.5 Å². The molecule has 1 heterocycles. The molecule has 1 aromatic rings. The predicted molar refractivity (Wildman–Crippen MR) is 61.9 cm³/mol. The molecule has 1 aromatic carbocycles. The average Bonchev–Trinajstić information content (AvgIpc) is 2.69. The first kappa shape index (κ1) is 12.0. The van der Waals surface area contributed by atoms with E-state index < -0.39 is 0 Å². The number of carbonyl (C=O) groups is 1. The van der Waals surface area contributed by atoms with E-state index in [1.807, 2.05) is 0 Å². The van der Waals surface area contributed by atoms with E-state index in [1.165, 1.54) is 6.07 Å². The fraction of sp³-hybridized carbons (Fsp3) is 0.462. The predicted octanol–water partition coefficient (Wildman–Crippen LogP) is 1.21. The second-order valence-electron chi connectivity index (χ2n) is 4.43. The third-order valence-electron chi connectivity index (χ3n) is 3.16. The van der Waals surface area contributed by atoms with Gasteiger partial charge in [-0.3, -0.25) is 4.79 Å². The average molecular weight is 237 g/mol. The number of carbonyl (C=O) groups excluding carboxylic acids is 1. The first-order valence-electron chi connectivity index (χ1n) is 5.82. The highest BCUT2D eigenvalue weighted by Crippen LogP contribution is 2.18. The summed E-state index contributed by atoms with van der Waals surface area (Å²) < 4.78 is 13.4. The number of hydrogen-bond acceptors (Lipinski definition) is 2. The highest BCUT2D eigenvalue weighted by Gasteiger charge is 2.28. The number of aliphatic hydroxyl groups excluding tert-OH is 1. The SMILES string of the molecule is O=C1CC(CO)CN1CCc1ccccc1F. The van der Waals surface area contributed by atoms with Gasteiger partial charge < -0.3 is 10.0 Å². The molecule has 2 rings (SSSR count). The molecule has 1 fully saturated rings. The minimum Gasteiger partial charge on any atom is -0.396 e. The van der Waals surface area contributed by atoms with Crippen molar-refractivity contribution in [3.8, 4) is 0 Å². The molecular weight excluding hydrogens is 221 g/mol. The van der Waals surface area contributed by atoms with Crippen LogP contribution in [-0.4, -0.2) is 35.6 Å². The molecule has 0 radical (unpaired) electrons. The molecule has 0 aromatic heterocycles. The van der Waals surface area contributed by atoms with Gasteiger partial charge in [0.05, 0.1) is 0 Å². The molecule has 3 nitrogen and oxygen atoms in total. The molecule has 1 aliphatic heterocycles. The van der Waals surface area contributed by atoms with Crippen LogP contribution in [0, 0.1) is 11.7 Å². The molecule has 0 bridgehead atoms. The normalized spacial score (nSPS) is 20.0. The highest BCUT2D eigenvalue weighted by atomic mass is 19.1. The number of amides is 1. The zero-order valence-corrected chi connectivity index (χ0v) is 9.60. The van der Waals surface area contributed by atoms with Gasteiger partial charge in [0.1, 0.15) is 5.82 Å². The Balaban J connectivity index is 1.91. The number of rotatable bonds is 4. The van der Waals surface area contributed by atoms with Crippen LogP contribution >= 0.6 is 0 Å². The van der Waals surface area contributed by atoms with E-state index in [0.717, 1.165) is 0 Å². The maximum absolute atomic E-state index is 13.4. The van der Waals surface area contributed by atoms with Gasteiger partial charge in [0, 0.05) is 32.0 Å². The first-order chi connectivity index (χ1) is 8.20. The van der Waals surface area contributed by atoms with Crippen LogP contribution in [0.2, 0.25) is 0 Å². The number of benzene rings is 1. The van der Waals surface area contributed by atoms with Gasteiger partial charge >= 0.3 is 0 Å². The van der Waals surface area contributed by atoms with Crippen LogP contribution in [0.15, 0.2) is 24.3 Å². The van der Waals surface area contributed by atoms with Gasteiger partial charge in [-0.05, 0) is 18.1 Å². The van der Waals surface area contributed by atoms with Crippen molar-refractivity contribution in [2.75, 3.05) is 19.7 Å². The van der Waals surface area contributed by atoms with Crippen molar-refractivity contribution in [1.82, 2.24) is 4.90 Å². The monoisotopic (exact) mass is 237 g/mol. The van der Waals surface area contributed by atoms with E-state index in [4.69, 9.17) is 5.11 Å². The number of likely N-dealkylation sites (tertiary alicyclic amines) is 1. The van der Waals surface area contributed by atoms with Crippen molar-refractivity contribution >= 4 is 5.91 Å². The Morgan fingerprint density at radius 1 is 1.41 bits per heavy atom. The molecule has 0 aliphatic carbocycles. The van der Waals surface area contributed by atoms with Crippen LogP contribution in [-0.2, 0) is 11.2 Å². The van der Waals surface area contributed by atoms with Crippen LogP contribution in [0.3, 0.4) is 0 Å². The van der Waals surface area contributed by atoms with E-state index >= 15 is 0 Å². The van der Waals surface area contributed by atoms with Crippen molar-refractivity contribution in [2.45, 2.75) is 12.8 Å². The van der Waals surface area contributed by atoms with E-state index in [2.05, 4.69) is 0 Å². The van der Waals surface area contributed by atoms with Gasteiger partial charge in [-0.25, -0.2) is 4.39 Å². The van der Waals surface area contributed by atoms with Crippen LogP contribution in [0.5, 0.6) is 0 Å². The summed E-state index contributed by atoms with van der Waals surface area (Å²) in [6, 6.07) is 6.61. The minimum atomic E-state index is -0.224. The third-order valence-corrected chi connectivity index (χ3v) is 3.16. The van der Waals surface area contributed by atoms with Gasteiger partial charge in [0.2, 0.25) is 5.91 Å². The molecule has 17 heavy (non-hydrogen) atoms.